The van der Waals surface area contributed by atoms with Gasteiger partial charge in [-0.2, -0.15) is 8.78 Å². The molecule has 7 heteroatoms. The highest BCUT2D eigenvalue weighted by atomic mass is 35.5. The summed E-state index contributed by atoms with van der Waals surface area (Å²) >= 11 is 5.63. The molecule has 0 radical (unpaired) electrons. The van der Waals surface area contributed by atoms with Crippen LogP contribution >= 0.6 is 11.6 Å². The average molecular weight is 257 g/mol. The Labute approximate surface area is 94.4 Å². The smallest absolute Gasteiger partial charge is 0.324 e. The molecule has 0 aliphatic carbocycles. The molecular formula is C9H9ClF4N2. The number of halogens is 5. The number of para-hydroxylation sites is 1. The van der Waals surface area contributed by atoms with Gasteiger partial charge in [-0.3, -0.25) is 0 Å². The molecule has 2 nitrogen and oxygen atoms in total. The van der Waals surface area contributed by atoms with Gasteiger partial charge >= 0.3 is 12.3 Å². The molecular weight excluding hydrogens is 248 g/mol. The topological polar surface area (TPSA) is 38.0 Å². The highest BCUT2D eigenvalue weighted by Crippen LogP contribution is 2.29. The summed E-state index contributed by atoms with van der Waals surface area (Å²) in [6, 6.07) is 4.32. The Balaban J connectivity index is 2.72. The van der Waals surface area contributed by atoms with Gasteiger partial charge in [0.15, 0.2) is 0 Å². The minimum atomic E-state index is -4.10. The van der Waals surface area contributed by atoms with Crippen LogP contribution in [0, 0.1) is 0 Å². The Bertz CT molecular complexity index is 371. The third-order valence-electron chi connectivity index (χ3n) is 1.89. The Hall–Kier alpha value is -1.17. The lowest BCUT2D eigenvalue weighted by Gasteiger charge is -2.17. The molecule has 0 bridgehead atoms. The maximum Gasteiger partial charge on any atom is 0.324 e. The number of alkyl halides is 4. The van der Waals surface area contributed by atoms with Gasteiger partial charge < -0.3 is 11.1 Å². The molecule has 3 N–H and O–H groups in total. The van der Waals surface area contributed by atoms with Crippen molar-refractivity contribution in [2.75, 3.05) is 17.6 Å². The number of benzene rings is 1. The van der Waals surface area contributed by atoms with Crippen molar-refractivity contribution in [1.29, 1.82) is 0 Å². The van der Waals surface area contributed by atoms with Crippen molar-refractivity contribution in [2.45, 2.75) is 12.3 Å². The van der Waals surface area contributed by atoms with E-state index in [1.54, 1.807) is 0 Å². The zero-order chi connectivity index (χ0) is 12.3. The van der Waals surface area contributed by atoms with Gasteiger partial charge in [0.2, 0.25) is 0 Å². The van der Waals surface area contributed by atoms with Gasteiger partial charge in [-0.05, 0) is 12.1 Å². The van der Waals surface area contributed by atoms with Crippen LogP contribution in [0.2, 0.25) is 5.02 Å². The Kier molecular flexibility index (Phi) is 3.85. The van der Waals surface area contributed by atoms with E-state index in [0.29, 0.717) is 0 Å². The first kappa shape index (κ1) is 12.9. The molecule has 90 valence electrons. The van der Waals surface area contributed by atoms with E-state index in [1.165, 1.54) is 18.2 Å². The molecule has 0 saturated carbocycles. The highest BCUT2D eigenvalue weighted by molar-refractivity contribution is 6.33. The highest BCUT2D eigenvalue weighted by Gasteiger charge is 2.40. The predicted molar refractivity (Wildman–Crippen MR) is 55.3 cm³/mol. The van der Waals surface area contributed by atoms with Gasteiger partial charge in [0.05, 0.1) is 22.9 Å². The summed E-state index contributed by atoms with van der Waals surface area (Å²) in [5, 5.41) is 2.31. The van der Waals surface area contributed by atoms with Crippen LogP contribution in [0.3, 0.4) is 0 Å². The van der Waals surface area contributed by atoms with Gasteiger partial charge in [-0.15, -0.1) is 0 Å². The summed E-state index contributed by atoms with van der Waals surface area (Å²) < 4.78 is 48.9. The number of nitrogens with two attached hydrogens (primary N) is 1. The van der Waals surface area contributed by atoms with E-state index in [2.05, 4.69) is 5.32 Å². The molecule has 0 heterocycles. The lowest BCUT2D eigenvalue weighted by Crippen LogP contribution is -2.34. The summed E-state index contributed by atoms with van der Waals surface area (Å²) in [5.41, 5.74) is 5.62. The molecule has 0 atom stereocenters. The largest absolute Gasteiger partial charge is 0.396 e. The Morgan fingerprint density at radius 2 is 2.00 bits per heavy atom. The fraction of sp³-hybridized carbons (Fsp3) is 0.333. The van der Waals surface area contributed by atoms with Crippen LogP contribution in [0.1, 0.15) is 0 Å². The van der Waals surface area contributed by atoms with Gasteiger partial charge in [0.1, 0.15) is 0 Å². The summed E-state index contributed by atoms with van der Waals surface area (Å²) in [6.07, 6.45) is -3.72. The molecule has 0 aliphatic heterocycles. The Morgan fingerprint density at radius 3 is 2.56 bits per heavy atom. The van der Waals surface area contributed by atoms with Gasteiger partial charge in [-0.25, -0.2) is 8.78 Å². The first-order valence-corrected chi connectivity index (χ1v) is 4.66. The average Bonchev–Trinajstić information content (AvgIpc) is 2.20. The molecule has 1 aromatic carbocycles. The van der Waals surface area contributed by atoms with E-state index >= 15 is 0 Å². The van der Waals surface area contributed by atoms with Gasteiger partial charge in [0, 0.05) is 0 Å². The molecule has 0 spiro atoms. The fourth-order valence-electron chi connectivity index (χ4n) is 0.981. The van der Waals surface area contributed by atoms with Gasteiger partial charge in [-0.1, -0.05) is 17.7 Å². The lowest BCUT2D eigenvalue weighted by molar-refractivity contribution is -0.117. The van der Waals surface area contributed by atoms with Gasteiger partial charge in [0.25, 0.3) is 0 Å². The second-order valence-electron chi connectivity index (χ2n) is 3.12. The molecule has 0 saturated heterocycles. The van der Waals surface area contributed by atoms with Crippen molar-refractivity contribution in [3.8, 4) is 0 Å². The van der Waals surface area contributed by atoms with E-state index in [0.717, 1.165) is 0 Å². The lowest BCUT2D eigenvalue weighted by atomic mass is 10.2. The predicted octanol–water partition coefficient (Wildman–Crippen LogP) is 3.23. The standard InChI is InChI=1S/C9H9ClF4N2/c10-5-2-1-3-6(7(5)15)16-4-9(13,14)8(11)12/h1-3,8,16H,4,15H2. The van der Waals surface area contributed by atoms with Crippen LogP contribution < -0.4 is 11.1 Å². The monoisotopic (exact) mass is 256 g/mol. The van der Waals surface area contributed by atoms with Crippen LogP contribution in [-0.4, -0.2) is 18.9 Å². The molecule has 0 amide bonds. The van der Waals surface area contributed by atoms with E-state index in [1.807, 2.05) is 0 Å². The molecule has 0 aromatic heterocycles. The van der Waals surface area contributed by atoms with Crippen molar-refractivity contribution in [1.82, 2.24) is 0 Å². The maximum absolute atomic E-state index is 12.6. The van der Waals surface area contributed by atoms with E-state index in [9.17, 15) is 17.6 Å². The molecule has 16 heavy (non-hydrogen) atoms. The molecule has 1 rings (SSSR count). The van der Waals surface area contributed by atoms with Crippen molar-refractivity contribution >= 4 is 23.0 Å². The molecule has 0 unspecified atom stereocenters. The van der Waals surface area contributed by atoms with Crippen LogP contribution in [-0.2, 0) is 0 Å². The SMILES string of the molecule is Nc1c(Cl)cccc1NCC(F)(F)C(F)F. The van der Waals surface area contributed by atoms with Crippen molar-refractivity contribution in [3.63, 3.8) is 0 Å². The minimum absolute atomic E-state index is 0.0502. The third kappa shape index (κ3) is 2.91. The number of hydrogen-bond donors (Lipinski definition) is 2. The first-order valence-electron chi connectivity index (χ1n) is 4.28. The summed E-state index contributed by atoms with van der Waals surface area (Å²) in [6.45, 7) is -1.20. The number of hydrogen-bond acceptors (Lipinski definition) is 2. The van der Waals surface area contributed by atoms with E-state index < -0.39 is 18.9 Å². The Morgan fingerprint density at radius 1 is 1.38 bits per heavy atom. The van der Waals surface area contributed by atoms with Crippen LogP contribution in [0.5, 0.6) is 0 Å². The zero-order valence-corrected chi connectivity index (χ0v) is 8.74. The number of rotatable bonds is 4. The maximum atomic E-state index is 12.6. The number of nitrogens with one attached hydrogen (secondary N) is 1. The molecule has 1 aromatic rings. The minimum Gasteiger partial charge on any atom is -0.396 e. The number of nitrogen functional groups attached to an aromatic ring is 1. The second kappa shape index (κ2) is 4.78. The van der Waals surface area contributed by atoms with Crippen molar-refractivity contribution in [2.24, 2.45) is 0 Å². The summed E-state index contributed by atoms with van der Waals surface area (Å²) in [4.78, 5) is 0. The van der Waals surface area contributed by atoms with E-state index in [-0.39, 0.29) is 16.4 Å². The zero-order valence-electron chi connectivity index (χ0n) is 7.98. The third-order valence-corrected chi connectivity index (χ3v) is 2.22. The summed E-state index contributed by atoms with van der Waals surface area (Å²) in [7, 11) is 0. The quantitative estimate of drug-likeness (QED) is 0.641. The fourth-order valence-corrected chi connectivity index (χ4v) is 1.16. The van der Waals surface area contributed by atoms with Crippen LogP contribution in [0.15, 0.2) is 18.2 Å². The van der Waals surface area contributed by atoms with Crippen LogP contribution in [0.25, 0.3) is 0 Å². The van der Waals surface area contributed by atoms with Crippen LogP contribution in [0.4, 0.5) is 28.9 Å². The van der Waals surface area contributed by atoms with E-state index in [4.69, 9.17) is 17.3 Å². The second-order valence-corrected chi connectivity index (χ2v) is 3.52. The summed E-state index contributed by atoms with van der Waals surface area (Å²) in [5.74, 6) is -4.10. The van der Waals surface area contributed by atoms with Crippen molar-refractivity contribution < 1.29 is 17.6 Å². The normalized spacial score (nSPS) is 11.9. The first-order chi connectivity index (χ1) is 7.34. The number of anilines is 2. The molecule has 0 fully saturated rings. The van der Waals surface area contributed by atoms with Crippen molar-refractivity contribution in [3.05, 3.63) is 23.2 Å². The molecule has 0 aliphatic rings.